The molecule has 3 aromatic carbocycles. The van der Waals surface area contributed by atoms with Crippen LogP contribution in [0.4, 0.5) is 0 Å². The first kappa shape index (κ1) is 25.6. The first-order valence-corrected chi connectivity index (χ1v) is 12.0. The second-order valence-electron chi connectivity index (χ2n) is 7.87. The molecule has 0 unspecified atom stereocenters. The van der Waals surface area contributed by atoms with Gasteiger partial charge in [0, 0.05) is 19.5 Å². The molecular weight excluding hydrogens is 471 g/mol. The van der Waals surface area contributed by atoms with Crippen LogP contribution in [0, 0.1) is 0 Å². The standard InChI is InChI=1S/C27H28Cl2N2O3/c1-2-15-30-27(33)25(17-20-9-5-3-6-10-20)31(18-21-13-14-23(28)24(29)16-21)26(32)19-34-22-11-7-4-8-12-22/h3-14,16,25H,2,15,17-19H2,1H3,(H,30,33)/t25-/m0/s1. The van der Waals surface area contributed by atoms with Crippen molar-refractivity contribution in [1.29, 1.82) is 0 Å². The monoisotopic (exact) mass is 498 g/mol. The van der Waals surface area contributed by atoms with E-state index in [4.69, 9.17) is 27.9 Å². The third-order valence-corrected chi connectivity index (χ3v) is 6.00. The van der Waals surface area contributed by atoms with Gasteiger partial charge in [-0.15, -0.1) is 0 Å². The summed E-state index contributed by atoms with van der Waals surface area (Å²) in [7, 11) is 0. The minimum absolute atomic E-state index is 0.185. The lowest BCUT2D eigenvalue weighted by Crippen LogP contribution is -2.51. The van der Waals surface area contributed by atoms with Gasteiger partial charge in [0.2, 0.25) is 5.91 Å². The summed E-state index contributed by atoms with van der Waals surface area (Å²) < 4.78 is 5.72. The molecule has 7 heteroatoms. The number of para-hydroxylation sites is 1. The Morgan fingerprint density at radius 1 is 0.912 bits per heavy atom. The van der Waals surface area contributed by atoms with Gasteiger partial charge in [-0.3, -0.25) is 9.59 Å². The van der Waals surface area contributed by atoms with Gasteiger partial charge in [-0.25, -0.2) is 0 Å². The summed E-state index contributed by atoms with van der Waals surface area (Å²) in [6, 6.07) is 23.2. The maximum absolute atomic E-state index is 13.4. The molecule has 0 aromatic heterocycles. The number of ether oxygens (including phenoxy) is 1. The SMILES string of the molecule is CCCNC(=O)[C@H](Cc1ccccc1)N(Cc1ccc(Cl)c(Cl)c1)C(=O)COc1ccccc1. The van der Waals surface area contributed by atoms with Gasteiger partial charge in [0.25, 0.3) is 5.91 Å². The summed E-state index contributed by atoms with van der Waals surface area (Å²) in [5.41, 5.74) is 1.72. The molecule has 178 valence electrons. The lowest BCUT2D eigenvalue weighted by atomic mass is 10.0. The Balaban J connectivity index is 1.90. The number of halogens is 2. The smallest absolute Gasteiger partial charge is 0.261 e. The van der Waals surface area contributed by atoms with E-state index in [1.54, 1.807) is 35.2 Å². The summed E-state index contributed by atoms with van der Waals surface area (Å²) in [6.07, 6.45) is 1.16. The highest BCUT2D eigenvalue weighted by atomic mass is 35.5. The third kappa shape index (κ3) is 7.51. The van der Waals surface area contributed by atoms with Crippen molar-refractivity contribution >= 4 is 35.0 Å². The molecule has 0 fully saturated rings. The van der Waals surface area contributed by atoms with Crippen molar-refractivity contribution in [2.75, 3.05) is 13.2 Å². The van der Waals surface area contributed by atoms with Crippen LogP contribution in [0.3, 0.4) is 0 Å². The molecular formula is C27H28Cl2N2O3. The highest BCUT2D eigenvalue weighted by Gasteiger charge is 2.30. The van der Waals surface area contributed by atoms with Gasteiger partial charge < -0.3 is 15.0 Å². The van der Waals surface area contributed by atoms with Crippen molar-refractivity contribution in [1.82, 2.24) is 10.2 Å². The number of hydrogen-bond donors (Lipinski definition) is 1. The largest absolute Gasteiger partial charge is 0.484 e. The van der Waals surface area contributed by atoms with Gasteiger partial charge in [0.15, 0.2) is 6.61 Å². The van der Waals surface area contributed by atoms with Gasteiger partial charge in [-0.2, -0.15) is 0 Å². The number of rotatable bonds is 11. The second kappa shape index (κ2) is 13.0. The topological polar surface area (TPSA) is 58.6 Å². The van der Waals surface area contributed by atoms with E-state index in [0.29, 0.717) is 28.8 Å². The highest BCUT2D eigenvalue weighted by Crippen LogP contribution is 2.24. The first-order chi connectivity index (χ1) is 16.5. The fourth-order valence-corrected chi connectivity index (χ4v) is 3.82. The molecule has 0 heterocycles. The zero-order chi connectivity index (χ0) is 24.3. The number of carbonyl (C=O) groups is 2. The number of nitrogens with one attached hydrogen (secondary N) is 1. The number of amides is 2. The molecule has 0 aliphatic rings. The molecule has 5 nitrogen and oxygen atoms in total. The Bertz CT molecular complexity index is 1080. The van der Waals surface area contributed by atoms with E-state index in [1.807, 2.05) is 55.5 Å². The van der Waals surface area contributed by atoms with Crippen molar-refractivity contribution in [2.45, 2.75) is 32.4 Å². The van der Waals surface area contributed by atoms with Crippen molar-refractivity contribution in [3.8, 4) is 5.75 Å². The summed E-state index contributed by atoms with van der Waals surface area (Å²) >= 11 is 12.3. The average Bonchev–Trinajstić information content (AvgIpc) is 2.86. The van der Waals surface area contributed by atoms with E-state index < -0.39 is 6.04 Å². The van der Waals surface area contributed by atoms with Crippen molar-refractivity contribution < 1.29 is 14.3 Å². The number of carbonyl (C=O) groups excluding carboxylic acids is 2. The lowest BCUT2D eigenvalue weighted by molar-refractivity contribution is -0.142. The summed E-state index contributed by atoms with van der Waals surface area (Å²) in [4.78, 5) is 28.2. The molecule has 0 aliphatic heterocycles. The highest BCUT2D eigenvalue weighted by molar-refractivity contribution is 6.42. The van der Waals surface area contributed by atoms with Crippen molar-refractivity contribution in [3.05, 3.63) is 100 Å². The van der Waals surface area contributed by atoms with Crippen LogP contribution in [0.2, 0.25) is 10.0 Å². The van der Waals surface area contributed by atoms with Crippen LogP contribution >= 0.6 is 23.2 Å². The lowest BCUT2D eigenvalue weighted by Gasteiger charge is -2.31. The maximum Gasteiger partial charge on any atom is 0.261 e. The molecule has 0 bridgehead atoms. The van der Waals surface area contributed by atoms with E-state index in [0.717, 1.165) is 17.5 Å². The number of hydrogen-bond acceptors (Lipinski definition) is 3. The molecule has 0 saturated heterocycles. The van der Waals surface area contributed by atoms with E-state index >= 15 is 0 Å². The molecule has 1 N–H and O–H groups in total. The number of benzene rings is 3. The predicted octanol–water partition coefficient (Wildman–Crippen LogP) is 5.54. The van der Waals surface area contributed by atoms with E-state index in [2.05, 4.69) is 5.32 Å². The van der Waals surface area contributed by atoms with E-state index in [9.17, 15) is 9.59 Å². The van der Waals surface area contributed by atoms with Crippen LogP contribution in [0.25, 0.3) is 0 Å². The van der Waals surface area contributed by atoms with Crippen LogP contribution < -0.4 is 10.1 Å². The molecule has 0 spiro atoms. The Kier molecular flexibility index (Phi) is 9.80. The summed E-state index contributed by atoms with van der Waals surface area (Å²) in [5, 5.41) is 3.77. The molecule has 1 atom stereocenters. The van der Waals surface area contributed by atoms with Gasteiger partial charge in [-0.1, -0.05) is 84.7 Å². The van der Waals surface area contributed by atoms with Crippen molar-refractivity contribution in [2.24, 2.45) is 0 Å². The second-order valence-corrected chi connectivity index (χ2v) is 8.68. The summed E-state index contributed by atoms with van der Waals surface area (Å²) in [5.74, 6) is 0.0710. The molecule has 0 radical (unpaired) electrons. The average molecular weight is 499 g/mol. The van der Waals surface area contributed by atoms with Gasteiger partial charge in [-0.05, 0) is 41.8 Å². The molecule has 34 heavy (non-hydrogen) atoms. The molecule has 2 amide bonds. The Morgan fingerprint density at radius 3 is 2.24 bits per heavy atom. The zero-order valence-electron chi connectivity index (χ0n) is 19.0. The molecule has 3 rings (SSSR count). The summed E-state index contributed by atoms with van der Waals surface area (Å²) in [6.45, 7) is 2.50. The van der Waals surface area contributed by atoms with Gasteiger partial charge in [0.05, 0.1) is 10.0 Å². The minimum Gasteiger partial charge on any atom is -0.484 e. The fourth-order valence-electron chi connectivity index (χ4n) is 3.50. The maximum atomic E-state index is 13.4. The van der Waals surface area contributed by atoms with E-state index in [-0.39, 0.29) is 25.0 Å². The molecule has 3 aromatic rings. The predicted molar refractivity (Wildman–Crippen MR) is 136 cm³/mol. The normalized spacial score (nSPS) is 11.5. The quantitative estimate of drug-likeness (QED) is 0.377. The Hall–Kier alpha value is -3.02. The van der Waals surface area contributed by atoms with Crippen LogP contribution in [0.15, 0.2) is 78.9 Å². The Labute approximate surface area is 210 Å². The van der Waals surface area contributed by atoms with Crippen LogP contribution in [-0.4, -0.2) is 35.9 Å². The molecule has 0 saturated carbocycles. The third-order valence-electron chi connectivity index (χ3n) is 5.26. The van der Waals surface area contributed by atoms with Crippen LogP contribution in [-0.2, 0) is 22.6 Å². The Morgan fingerprint density at radius 2 is 1.59 bits per heavy atom. The fraction of sp³-hybridized carbons (Fsp3) is 0.259. The van der Waals surface area contributed by atoms with Crippen LogP contribution in [0.5, 0.6) is 5.75 Å². The number of nitrogens with zero attached hydrogens (tertiary/aromatic N) is 1. The van der Waals surface area contributed by atoms with E-state index in [1.165, 1.54) is 0 Å². The van der Waals surface area contributed by atoms with Crippen LogP contribution in [0.1, 0.15) is 24.5 Å². The molecule has 0 aliphatic carbocycles. The zero-order valence-corrected chi connectivity index (χ0v) is 20.6. The first-order valence-electron chi connectivity index (χ1n) is 11.2. The van der Waals surface area contributed by atoms with Gasteiger partial charge in [0.1, 0.15) is 11.8 Å². The van der Waals surface area contributed by atoms with Gasteiger partial charge >= 0.3 is 0 Å². The van der Waals surface area contributed by atoms with Crippen molar-refractivity contribution in [3.63, 3.8) is 0 Å². The minimum atomic E-state index is -0.727.